The molecule has 0 saturated heterocycles. The highest BCUT2D eigenvalue weighted by Crippen LogP contribution is 2.30. The number of nitrogens with zero attached hydrogens (tertiary/aromatic N) is 2. The van der Waals surface area contributed by atoms with Crippen LogP contribution in [0.3, 0.4) is 0 Å². The Balaban J connectivity index is 1.53. The van der Waals surface area contributed by atoms with E-state index >= 15 is 0 Å². The molecule has 0 N–H and O–H groups in total. The van der Waals surface area contributed by atoms with Gasteiger partial charge in [-0.25, -0.2) is 0 Å². The van der Waals surface area contributed by atoms with Gasteiger partial charge in [-0.05, 0) is 98.5 Å². The molecule has 0 aliphatic heterocycles. The lowest BCUT2D eigenvalue weighted by atomic mass is 10.00. The molecule has 4 rings (SSSR count). The Morgan fingerprint density at radius 1 is 0.567 bits per heavy atom. The maximum absolute atomic E-state index is 5.55. The van der Waals surface area contributed by atoms with Crippen molar-refractivity contribution in [2.24, 2.45) is 9.98 Å². The van der Waals surface area contributed by atoms with Crippen LogP contribution >= 0.6 is 0 Å². The third-order valence-corrected chi connectivity index (χ3v) is 4.91. The SMILES string of the molecule is Cc1ccc(C=Nc2ccc(-c3ccc(N=Cc4ccc(C)o4)c(C)c3)cc2C)o1. The fourth-order valence-electron chi connectivity index (χ4n) is 3.27. The molecule has 2 aromatic heterocycles. The van der Waals surface area contributed by atoms with Crippen molar-refractivity contribution >= 4 is 23.8 Å². The van der Waals surface area contributed by atoms with Gasteiger partial charge in [0.05, 0.1) is 23.8 Å². The van der Waals surface area contributed by atoms with Crippen LogP contribution in [-0.4, -0.2) is 12.4 Å². The monoisotopic (exact) mass is 396 g/mol. The van der Waals surface area contributed by atoms with Gasteiger partial charge in [0.1, 0.15) is 23.0 Å². The Bertz CT molecular complexity index is 1140. The van der Waals surface area contributed by atoms with Gasteiger partial charge in [-0.3, -0.25) is 9.98 Å². The summed E-state index contributed by atoms with van der Waals surface area (Å²) in [6.45, 7) is 7.99. The Labute approximate surface area is 176 Å². The van der Waals surface area contributed by atoms with Crippen LogP contribution in [-0.2, 0) is 0 Å². The second kappa shape index (κ2) is 8.37. The van der Waals surface area contributed by atoms with E-state index in [-0.39, 0.29) is 0 Å². The minimum atomic E-state index is 0.757. The molecule has 4 nitrogen and oxygen atoms in total. The highest BCUT2D eigenvalue weighted by atomic mass is 16.3. The average molecular weight is 396 g/mol. The van der Waals surface area contributed by atoms with Gasteiger partial charge >= 0.3 is 0 Å². The molecule has 0 amide bonds. The predicted octanol–water partition coefficient (Wildman–Crippen LogP) is 7.27. The molecule has 2 aromatic carbocycles. The first kappa shape index (κ1) is 19.6. The fraction of sp³-hybridized carbons (Fsp3) is 0.154. The normalized spacial score (nSPS) is 11.7. The molecule has 0 aliphatic carbocycles. The molecular weight excluding hydrogens is 372 g/mol. The van der Waals surface area contributed by atoms with Crippen LogP contribution in [0.4, 0.5) is 11.4 Å². The smallest absolute Gasteiger partial charge is 0.145 e. The zero-order chi connectivity index (χ0) is 21.1. The van der Waals surface area contributed by atoms with Gasteiger partial charge in [0.15, 0.2) is 0 Å². The lowest BCUT2D eigenvalue weighted by molar-refractivity contribution is 0.527. The number of furan rings is 2. The molecule has 4 aromatic rings. The third kappa shape index (κ3) is 4.49. The topological polar surface area (TPSA) is 51.0 Å². The molecule has 0 saturated carbocycles. The van der Waals surface area contributed by atoms with E-state index in [1.165, 1.54) is 0 Å². The van der Waals surface area contributed by atoms with Crippen LogP contribution in [0, 0.1) is 27.7 Å². The van der Waals surface area contributed by atoms with E-state index in [0.29, 0.717) is 0 Å². The van der Waals surface area contributed by atoms with Crippen LogP contribution in [0.25, 0.3) is 11.1 Å². The standard InChI is InChI=1S/C26H24N2O2/c1-17-13-21(7-11-25(17)27-15-23-9-5-19(3)29-23)22-8-12-26(18(2)14-22)28-16-24-10-6-20(4)30-24/h5-16H,1-4H3. The van der Waals surface area contributed by atoms with Gasteiger partial charge in [0.2, 0.25) is 0 Å². The molecule has 0 atom stereocenters. The molecule has 0 unspecified atom stereocenters. The fourth-order valence-corrected chi connectivity index (χ4v) is 3.27. The summed E-state index contributed by atoms with van der Waals surface area (Å²) in [5.74, 6) is 3.27. The van der Waals surface area contributed by atoms with Crippen molar-refractivity contribution in [3.05, 3.63) is 94.8 Å². The molecule has 0 spiro atoms. The minimum absolute atomic E-state index is 0.757. The van der Waals surface area contributed by atoms with E-state index in [2.05, 4.69) is 48.1 Å². The second-order valence-corrected chi connectivity index (χ2v) is 7.42. The maximum atomic E-state index is 5.55. The second-order valence-electron chi connectivity index (χ2n) is 7.42. The highest BCUT2D eigenvalue weighted by Gasteiger charge is 2.05. The largest absolute Gasteiger partial charge is 0.460 e. The first-order valence-electron chi connectivity index (χ1n) is 9.90. The number of hydrogen-bond donors (Lipinski definition) is 0. The molecule has 0 aliphatic rings. The summed E-state index contributed by atoms with van der Waals surface area (Å²) in [6, 6.07) is 20.3. The van der Waals surface area contributed by atoms with Gasteiger partial charge in [-0.2, -0.15) is 0 Å². The summed E-state index contributed by atoms with van der Waals surface area (Å²) in [5.41, 5.74) is 6.39. The third-order valence-electron chi connectivity index (χ3n) is 4.91. The van der Waals surface area contributed by atoms with Crippen molar-refractivity contribution in [2.45, 2.75) is 27.7 Å². The Kier molecular flexibility index (Phi) is 5.48. The summed E-state index contributed by atoms with van der Waals surface area (Å²) in [4.78, 5) is 9.13. The molecule has 150 valence electrons. The summed E-state index contributed by atoms with van der Waals surface area (Å²) in [5, 5.41) is 0. The Morgan fingerprint density at radius 3 is 1.33 bits per heavy atom. The van der Waals surface area contributed by atoms with Crippen molar-refractivity contribution in [3.8, 4) is 11.1 Å². The van der Waals surface area contributed by atoms with E-state index in [0.717, 1.165) is 56.7 Å². The molecule has 30 heavy (non-hydrogen) atoms. The summed E-state index contributed by atoms with van der Waals surface area (Å²) < 4.78 is 11.1. The number of hydrogen-bond acceptors (Lipinski definition) is 4. The lowest BCUT2D eigenvalue weighted by Gasteiger charge is -2.08. The van der Waals surface area contributed by atoms with Crippen LogP contribution < -0.4 is 0 Å². The molecule has 2 heterocycles. The first-order chi connectivity index (χ1) is 14.5. The van der Waals surface area contributed by atoms with Gasteiger partial charge in [-0.15, -0.1) is 0 Å². The van der Waals surface area contributed by atoms with Crippen molar-refractivity contribution in [2.75, 3.05) is 0 Å². The number of rotatable bonds is 5. The van der Waals surface area contributed by atoms with E-state index in [4.69, 9.17) is 8.83 Å². The Hall–Kier alpha value is -3.66. The summed E-state index contributed by atoms with van der Waals surface area (Å²) >= 11 is 0. The predicted molar refractivity (Wildman–Crippen MR) is 123 cm³/mol. The lowest BCUT2D eigenvalue weighted by Crippen LogP contribution is -1.84. The van der Waals surface area contributed by atoms with E-state index < -0.39 is 0 Å². The molecule has 4 heteroatoms. The number of benzene rings is 2. The quantitative estimate of drug-likeness (QED) is 0.333. The summed E-state index contributed by atoms with van der Waals surface area (Å²) in [6.07, 6.45) is 3.51. The van der Waals surface area contributed by atoms with Gasteiger partial charge in [0, 0.05) is 0 Å². The van der Waals surface area contributed by atoms with Crippen molar-refractivity contribution < 1.29 is 8.83 Å². The van der Waals surface area contributed by atoms with Gasteiger partial charge in [0.25, 0.3) is 0 Å². The maximum Gasteiger partial charge on any atom is 0.145 e. The van der Waals surface area contributed by atoms with E-state index in [9.17, 15) is 0 Å². The summed E-state index contributed by atoms with van der Waals surface area (Å²) in [7, 11) is 0. The Morgan fingerprint density at radius 2 is 1.00 bits per heavy atom. The van der Waals surface area contributed by atoms with Crippen LogP contribution in [0.1, 0.15) is 34.2 Å². The number of aryl methyl sites for hydroxylation is 4. The van der Waals surface area contributed by atoms with Gasteiger partial charge in [-0.1, -0.05) is 12.1 Å². The molecule has 0 fully saturated rings. The van der Waals surface area contributed by atoms with E-state index in [1.807, 2.05) is 50.2 Å². The zero-order valence-electron chi connectivity index (χ0n) is 17.6. The van der Waals surface area contributed by atoms with Crippen LogP contribution in [0.5, 0.6) is 0 Å². The van der Waals surface area contributed by atoms with Crippen molar-refractivity contribution in [1.82, 2.24) is 0 Å². The van der Waals surface area contributed by atoms with Crippen LogP contribution in [0.15, 0.2) is 79.5 Å². The average Bonchev–Trinajstić information content (AvgIpc) is 3.33. The molecule has 0 bridgehead atoms. The highest BCUT2D eigenvalue weighted by molar-refractivity contribution is 5.81. The molecular formula is C26H24N2O2. The number of aliphatic imine (C=N–C) groups is 2. The first-order valence-corrected chi connectivity index (χ1v) is 9.90. The van der Waals surface area contributed by atoms with Crippen LogP contribution in [0.2, 0.25) is 0 Å². The van der Waals surface area contributed by atoms with Gasteiger partial charge < -0.3 is 8.83 Å². The van der Waals surface area contributed by atoms with Crippen molar-refractivity contribution in [3.63, 3.8) is 0 Å². The van der Waals surface area contributed by atoms with E-state index in [1.54, 1.807) is 12.4 Å². The van der Waals surface area contributed by atoms with Crippen molar-refractivity contribution in [1.29, 1.82) is 0 Å². The molecule has 0 radical (unpaired) electrons. The zero-order valence-corrected chi connectivity index (χ0v) is 17.6. The minimum Gasteiger partial charge on any atom is -0.460 e.